The largest absolute Gasteiger partial charge is 0.316 e. The highest BCUT2D eigenvalue weighted by Crippen LogP contribution is 2.16. The SMILES string of the molecule is Cc1ccc(N=S(=O)=O)cc1C. The molecule has 0 aliphatic heterocycles. The fraction of sp³-hybridized carbons (Fsp3) is 0.250. The van der Waals surface area contributed by atoms with Crippen LogP contribution in [0.1, 0.15) is 11.1 Å². The van der Waals surface area contributed by atoms with Gasteiger partial charge in [-0.25, -0.2) is 0 Å². The lowest BCUT2D eigenvalue weighted by Crippen LogP contribution is -1.77. The molecule has 3 nitrogen and oxygen atoms in total. The second-order valence-corrected chi connectivity index (χ2v) is 3.19. The molecule has 1 aromatic carbocycles. The summed E-state index contributed by atoms with van der Waals surface area (Å²) in [5.41, 5.74) is 2.65. The van der Waals surface area contributed by atoms with E-state index in [9.17, 15) is 8.42 Å². The van der Waals surface area contributed by atoms with E-state index in [1.807, 2.05) is 19.9 Å². The molecule has 0 aromatic heterocycles. The summed E-state index contributed by atoms with van der Waals surface area (Å²) in [6.07, 6.45) is 0. The van der Waals surface area contributed by atoms with Crippen LogP contribution < -0.4 is 0 Å². The summed E-state index contributed by atoms with van der Waals surface area (Å²) >= 11 is 0. The van der Waals surface area contributed by atoms with Gasteiger partial charge in [0, 0.05) is 0 Å². The van der Waals surface area contributed by atoms with E-state index in [1.54, 1.807) is 12.1 Å². The van der Waals surface area contributed by atoms with Crippen molar-refractivity contribution in [2.75, 3.05) is 0 Å². The highest BCUT2D eigenvalue weighted by Gasteiger charge is 1.93. The average molecular weight is 183 g/mol. The van der Waals surface area contributed by atoms with Crippen LogP contribution in [0, 0.1) is 13.8 Å². The average Bonchev–Trinajstić information content (AvgIpc) is 1.96. The van der Waals surface area contributed by atoms with Gasteiger partial charge in [-0.05, 0) is 37.1 Å². The van der Waals surface area contributed by atoms with Crippen LogP contribution in [0.2, 0.25) is 0 Å². The monoisotopic (exact) mass is 183 g/mol. The van der Waals surface area contributed by atoms with E-state index in [-0.39, 0.29) is 0 Å². The van der Waals surface area contributed by atoms with Gasteiger partial charge in [0.1, 0.15) is 0 Å². The third-order valence-electron chi connectivity index (χ3n) is 1.67. The predicted molar refractivity (Wildman–Crippen MR) is 46.9 cm³/mol. The van der Waals surface area contributed by atoms with Crippen LogP contribution in [0.4, 0.5) is 5.69 Å². The van der Waals surface area contributed by atoms with Gasteiger partial charge >= 0.3 is 10.5 Å². The highest BCUT2D eigenvalue weighted by molar-refractivity contribution is 7.61. The molecular formula is C8H9NO2S. The fourth-order valence-corrected chi connectivity index (χ4v) is 1.15. The first-order valence-corrected chi connectivity index (χ1v) is 4.51. The van der Waals surface area contributed by atoms with Crippen LogP contribution in [0.3, 0.4) is 0 Å². The number of hydrogen-bond acceptors (Lipinski definition) is 3. The number of nitrogens with zero attached hydrogens (tertiary/aromatic N) is 1. The van der Waals surface area contributed by atoms with Crippen LogP contribution in [-0.2, 0) is 10.5 Å². The Bertz CT molecular complexity index is 413. The second kappa shape index (κ2) is 3.49. The second-order valence-electron chi connectivity index (χ2n) is 2.58. The summed E-state index contributed by atoms with van der Waals surface area (Å²) in [6.45, 7) is 3.88. The summed E-state index contributed by atoms with van der Waals surface area (Å²) < 4.78 is 23.8. The molecule has 12 heavy (non-hydrogen) atoms. The third kappa shape index (κ3) is 2.17. The van der Waals surface area contributed by atoms with Crippen molar-refractivity contribution in [3.8, 4) is 0 Å². The van der Waals surface area contributed by atoms with Gasteiger partial charge in [-0.15, -0.1) is 4.36 Å². The van der Waals surface area contributed by atoms with Gasteiger partial charge in [-0.1, -0.05) is 6.07 Å². The van der Waals surface area contributed by atoms with E-state index in [4.69, 9.17) is 0 Å². The third-order valence-corrected chi connectivity index (χ3v) is 2.03. The topological polar surface area (TPSA) is 46.5 Å². The minimum absolute atomic E-state index is 0.478. The van der Waals surface area contributed by atoms with Crippen LogP contribution in [0.25, 0.3) is 0 Å². The molecule has 0 N–H and O–H groups in total. The first kappa shape index (κ1) is 8.93. The van der Waals surface area contributed by atoms with Crippen molar-refractivity contribution in [1.82, 2.24) is 0 Å². The van der Waals surface area contributed by atoms with Crippen LogP contribution in [0.5, 0.6) is 0 Å². The predicted octanol–water partition coefficient (Wildman–Crippen LogP) is 2.00. The minimum Gasteiger partial charge on any atom is -0.163 e. The Morgan fingerprint density at radius 2 is 1.83 bits per heavy atom. The first-order valence-electron chi connectivity index (χ1n) is 3.48. The Morgan fingerprint density at radius 3 is 2.33 bits per heavy atom. The van der Waals surface area contributed by atoms with Crippen molar-refractivity contribution in [2.24, 2.45) is 4.36 Å². The minimum atomic E-state index is -2.36. The van der Waals surface area contributed by atoms with Crippen molar-refractivity contribution >= 4 is 16.2 Å². The van der Waals surface area contributed by atoms with Crippen molar-refractivity contribution in [1.29, 1.82) is 0 Å². The van der Waals surface area contributed by atoms with E-state index in [1.165, 1.54) is 0 Å². The van der Waals surface area contributed by atoms with Gasteiger partial charge in [-0.2, -0.15) is 8.42 Å². The number of rotatable bonds is 1. The molecule has 0 aliphatic rings. The van der Waals surface area contributed by atoms with Gasteiger partial charge in [0.05, 0.1) is 5.69 Å². The Kier molecular flexibility index (Phi) is 2.60. The van der Waals surface area contributed by atoms with Crippen molar-refractivity contribution in [3.63, 3.8) is 0 Å². The molecule has 0 bridgehead atoms. The van der Waals surface area contributed by atoms with Gasteiger partial charge < -0.3 is 0 Å². The van der Waals surface area contributed by atoms with E-state index in [0.717, 1.165) is 11.1 Å². The highest BCUT2D eigenvalue weighted by atomic mass is 32.2. The summed E-state index contributed by atoms with van der Waals surface area (Å²) in [4.78, 5) is 0. The molecule has 4 heteroatoms. The maximum Gasteiger partial charge on any atom is 0.316 e. The Labute approximate surface area is 72.8 Å². The molecule has 0 heterocycles. The number of hydrogen-bond donors (Lipinski definition) is 0. The fourth-order valence-electron chi connectivity index (χ4n) is 0.868. The van der Waals surface area contributed by atoms with Crippen molar-refractivity contribution in [3.05, 3.63) is 29.3 Å². The molecule has 0 fully saturated rings. The van der Waals surface area contributed by atoms with Crippen LogP contribution >= 0.6 is 0 Å². The quantitative estimate of drug-likeness (QED) is 0.668. The molecule has 0 unspecified atom stereocenters. The molecular weight excluding hydrogens is 174 g/mol. The molecule has 0 amide bonds. The molecule has 1 aromatic rings. The molecule has 0 saturated carbocycles. The lowest BCUT2D eigenvalue weighted by molar-refractivity contribution is 0.622. The van der Waals surface area contributed by atoms with E-state index in [2.05, 4.69) is 4.36 Å². The normalized spacial score (nSPS) is 9.50. The maximum atomic E-state index is 10.2. The molecule has 64 valence electrons. The molecule has 0 atom stereocenters. The molecule has 0 spiro atoms. The molecule has 0 radical (unpaired) electrons. The first-order chi connectivity index (χ1) is 5.59. The molecule has 1 rings (SSSR count). The number of benzene rings is 1. The maximum absolute atomic E-state index is 10.2. The zero-order chi connectivity index (χ0) is 9.14. The van der Waals surface area contributed by atoms with Crippen LogP contribution in [0.15, 0.2) is 22.6 Å². The smallest absolute Gasteiger partial charge is 0.163 e. The van der Waals surface area contributed by atoms with Gasteiger partial charge in [0.2, 0.25) is 0 Å². The summed E-state index contributed by atoms with van der Waals surface area (Å²) in [6, 6.07) is 5.27. The Hall–Kier alpha value is -1.16. The zero-order valence-electron chi connectivity index (χ0n) is 6.90. The summed E-state index contributed by atoms with van der Waals surface area (Å²) in [5, 5.41) is 0. The standard InChI is InChI=1S/C8H9NO2S/c1-6-3-4-8(5-7(6)2)9-12(10)11/h3-5H,1-2H3. The van der Waals surface area contributed by atoms with Gasteiger partial charge in [0.25, 0.3) is 0 Å². The van der Waals surface area contributed by atoms with E-state index in [0.29, 0.717) is 5.69 Å². The zero-order valence-corrected chi connectivity index (χ0v) is 7.72. The lowest BCUT2D eigenvalue weighted by atomic mass is 10.1. The number of aryl methyl sites for hydroxylation is 2. The van der Waals surface area contributed by atoms with Gasteiger partial charge in [-0.3, -0.25) is 0 Å². The Morgan fingerprint density at radius 1 is 1.17 bits per heavy atom. The van der Waals surface area contributed by atoms with E-state index < -0.39 is 10.5 Å². The Balaban J connectivity index is 3.23. The van der Waals surface area contributed by atoms with E-state index >= 15 is 0 Å². The molecule has 0 aliphatic carbocycles. The van der Waals surface area contributed by atoms with Gasteiger partial charge in [0.15, 0.2) is 0 Å². The van der Waals surface area contributed by atoms with Crippen molar-refractivity contribution in [2.45, 2.75) is 13.8 Å². The lowest BCUT2D eigenvalue weighted by Gasteiger charge is -1.97. The summed E-state index contributed by atoms with van der Waals surface area (Å²) in [5.74, 6) is 0. The summed E-state index contributed by atoms with van der Waals surface area (Å²) in [7, 11) is -2.36. The van der Waals surface area contributed by atoms with Crippen LogP contribution in [-0.4, -0.2) is 8.42 Å². The van der Waals surface area contributed by atoms with Crippen molar-refractivity contribution < 1.29 is 8.42 Å². The molecule has 0 saturated heterocycles.